The van der Waals surface area contributed by atoms with Gasteiger partial charge in [-0.15, -0.1) is 0 Å². The zero-order valence-corrected chi connectivity index (χ0v) is 4.43. The van der Waals surface area contributed by atoms with E-state index in [0.717, 1.165) is 12.8 Å². The van der Waals surface area contributed by atoms with Crippen molar-refractivity contribution < 1.29 is 5.11 Å². The van der Waals surface area contributed by atoms with Crippen LogP contribution in [0.1, 0.15) is 12.8 Å². The van der Waals surface area contributed by atoms with Crippen LogP contribution in [0.2, 0.25) is 0 Å². The number of rotatable bonds is 3. The van der Waals surface area contributed by atoms with E-state index in [-0.39, 0.29) is 6.10 Å². The molecule has 3 N–H and O–H groups in total. The maximum atomic E-state index is 8.69. The molecule has 0 aromatic carbocycles. The molecule has 0 aromatic rings. The first-order valence-corrected chi connectivity index (χ1v) is 2.48. The minimum absolute atomic E-state index is 0.336. The molecule has 0 aliphatic carbocycles. The minimum Gasteiger partial charge on any atom is -0.392 e. The lowest BCUT2D eigenvalue weighted by molar-refractivity contribution is 0.174. The van der Waals surface area contributed by atoms with Crippen molar-refractivity contribution in [2.24, 2.45) is 5.73 Å². The molecule has 0 saturated carbocycles. The van der Waals surface area contributed by atoms with E-state index in [1.807, 2.05) is 0 Å². The second-order valence-corrected chi connectivity index (χ2v) is 1.53. The summed E-state index contributed by atoms with van der Waals surface area (Å²) in [6, 6.07) is 0. The van der Waals surface area contributed by atoms with Gasteiger partial charge in [-0.05, 0) is 6.42 Å². The molecule has 0 bridgehead atoms. The van der Waals surface area contributed by atoms with Crippen LogP contribution in [0, 0.1) is 6.92 Å². The van der Waals surface area contributed by atoms with Crippen molar-refractivity contribution in [3.63, 3.8) is 0 Å². The van der Waals surface area contributed by atoms with Crippen LogP contribution in [0.25, 0.3) is 0 Å². The second kappa shape index (κ2) is 4.09. The first-order valence-electron chi connectivity index (χ1n) is 2.48. The van der Waals surface area contributed by atoms with E-state index in [4.69, 9.17) is 10.8 Å². The van der Waals surface area contributed by atoms with E-state index >= 15 is 0 Å². The van der Waals surface area contributed by atoms with E-state index < -0.39 is 0 Å². The van der Waals surface area contributed by atoms with Crippen molar-refractivity contribution in [3.05, 3.63) is 6.92 Å². The third kappa shape index (κ3) is 3.76. The van der Waals surface area contributed by atoms with E-state index in [0.29, 0.717) is 6.54 Å². The zero-order valence-electron chi connectivity index (χ0n) is 4.43. The maximum absolute atomic E-state index is 8.69. The molecular weight excluding hydrogens is 90.1 g/mol. The number of hydrogen-bond acceptors (Lipinski definition) is 2. The predicted molar refractivity (Wildman–Crippen MR) is 29.7 cm³/mol. The highest BCUT2D eigenvalue weighted by Gasteiger charge is 1.94. The van der Waals surface area contributed by atoms with Gasteiger partial charge in [0.2, 0.25) is 0 Å². The van der Waals surface area contributed by atoms with Gasteiger partial charge in [0.05, 0.1) is 6.10 Å². The van der Waals surface area contributed by atoms with Crippen molar-refractivity contribution in [1.29, 1.82) is 0 Å². The Morgan fingerprint density at radius 2 is 2.29 bits per heavy atom. The fourth-order valence-electron chi connectivity index (χ4n) is 0.353. The first kappa shape index (κ1) is 6.92. The van der Waals surface area contributed by atoms with Gasteiger partial charge < -0.3 is 10.8 Å². The summed E-state index contributed by atoms with van der Waals surface area (Å²) in [5, 5.41) is 8.69. The average Bonchev–Trinajstić information content (AvgIpc) is 1.68. The Morgan fingerprint density at radius 3 is 2.43 bits per heavy atom. The molecule has 1 atom stereocenters. The molecule has 0 fully saturated rings. The topological polar surface area (TPSA) is 46.2 Å². The summed E-state index contributed by atoms with van der Waals surface area (Å²) in [5.41, 5.74) is 5.08. The fourth-order valence-corrected chi connectivity index (χ4v) is 0.353. The molecule has 1 unspecified atom stereocenters. The van der Waals surface area contributed by atoms with Crippen LogP contribution in [-0.2, 0) is 0 Å². The van der Waals surface area contributed by atoms with E-state index in [2.05, 4.69) is 6.92 Å². The van der Waals surface area contributed by atoms with Gasteiger partial charge in [-0.2, -0.15) is 0 Å². The first-order chi connectivity index (χ1) is 3.31. The summed E-state index contributed by atoms with van der Waals surface area (Å²) in [6.45, 7) is 3.91. The van der Waals surface area contributed by atoms with Gasteiger partial charge in [0.1, 0.15) is 0 Å². The summed E-state index contributed by atoms with van der Waals surface area (Å²) in [4.78, 5) is 0. The quantitative estimate of drug-likeness (QED) is 0.523. The highest BCUT2D eigenvalue weighted by atomic mass is 16.3. The van der Waals surface area contributed by atoms with Crippen LogP contribution in [-0.4, -0.2) is 17.8 Å². The Balaban J connectivity index is 2.83. The molecule has 2 heteroatoms. The molecule has 1 radical (unpaired) electrons. The molecular formula is C5H12NO. The molecule has 0 aromatic heterocycles. The Kier molecular flexibility index (Phi) is 4.04. The molecule has 0 saturated heterocycles. The van der Waals surface area contributed by atoms with Gasteiger partial charge in [0.15, 0.2) is 0 Å². The van der Waals surface area contributed by atoms with Crippen molar-refractivity contribution in [3.8, 4) is 0 Å². The summed E-state index contributed by atoms with van der Waals surface area (Å²) >= 11 is 0. The summed E-state index contributed by atoms with van der Waals surface area (Å²) in [6.07, 6.45) is 1.15. The van der Waals surface area contributed by atoms with Gasteiger partial charge in [-0.25, -0.2) is 0 Å². The van der Waals surface area contributed by atoms with Crippen molar-refractivity contribution >= 4 is 0 Å². The highest BCUT2D eigenvalue weighted by Crippen LogP contribution is 1.90. The van der Waals surface area contributed by atoms with E-state index in [9.17, 15) is 0 Å². The standard InChI is InChI=1S/C5H12NO/c1-2-3-5(7)4-6/h5,7H,1-4,6H2. The Labute approximate surface area is 44.3 Å². The van der Waals surface area contributed by atoms with Crippen molar-refractivity contribution in [2.75, 3.05) is 6.54 Å². The Hall–Kier alpha value is -0.0800. The zero-order chi connectivity index (χ0) is 5.70. The van der Waals surface area contributed by atoms with Crippen LogP contribution in [0.5, 0.6) is 0 Å². The molecule has 2 nitrogen and oxygen atoms in total. The smallest absolute Gasteiger partial charge is 0.0662 e. The average molecular weight is 102 g/mol. The van der Waals surface area contributed by atoms with Crippen LogP contribution < -0.4 is 5.73 Å². The van der Waals surface area contributed by atoms with Crippen LogP contribution in [0.4, 0.5) is 0 Å². The number of aliphatic hydroxyl groups excluding tert-OH is 1. The van der Waals surface area contributed by atoms with E-state index in [1.165, 1.54) is 0 Å². The summed E-state index contributed by atoms with van der Waals surface area (Å²) < 4.78 is 0. The van der Waals surface area contributed by atoms with Gasteiger partial charge in [-0.1, -0.05) is 13.3 Å². The SMILES string of the molecule is [CH2]CCC(O)CN. The molecule has 7 heavy (non-hydrogen) atoms. The highest BCUT2D eigenvalue weighted by molar-refractivity contribution is 4.54. The van der Waals surface area contributed by atoms with Crippen molar-refractivity contribution in [1.82, 2.24) is 0 Å². The van der Waals surface area contributed by atoms with Crippen LogP contribution in [0.3, 0.4) is 0 Å². The van der Waals surface area contributed by atoms with Crippen molar-refractivity contribution in [2.45, 2.75) is 18.9 Å². The molecule has 0 rings (SSSR count). The number of nitrogens with two attached hydrogens (primary N) is 1. The number of hydrogen-bond donors (Lipinski definition) is 2. The Bertz CT molecular complexity index is 39.1. The summed E-state index contributed by atoms with van der Waals surface area (Å²) in [5.74, 6) is 0. The molecule has 0 aliphatic rings. The molecule has 0 amide bonds. The van der Waals surface area contributed by atoms with Gasteiger partial charge in [0.25, 0.3) is 0 Å². The second-order valence-electron chi connectivity index (χ2n) is 1.53. The maximum Gasteiger partial charge on any atom is 0.0662 e. The normalized spacial score (nSPS) is 14.1. The van der Waals surface area contributed by atoms with Gasteiger partial charge >= 0.3 is 0 Å². The third-order valence-electron chi connectivity index (χ3n) is 0.809. The van der Waals surface area contributed by atoms with Crippen LogP contribution >= 0.6 is 0 Å². The number of aliphatic hydroxyl groups is 1. The lowest BCUT2D eigenvalue weighted by atomic mass is 10.2. The largest absolute Gasteiger partial charge is 0.392 e. The Morgan fingerprint density at radius 1 is 1.71 bits per heavy atom. The lowest BCUT2D eigenvalue weighted by Gasteiger charge is -2.01. The molecule has 0 heterocycles. The van der Waals surface area contributed by atoms with E-state index in [1.54, 1.807) is 0 Å². The van der Waals surface area contributed by atoms with Gasteiger partial charge in [0, 0.05) is 6.54 Å². The third-order valence-corrected chi connectivity index (χ3v) is 0.809. The molecule has 43 valence electrons. The van der Waals surface area contributed by atoms with Gasteiger partial charge in [-0.3, -0.25) is 0 Å². The minimum atomic E-state index is -0.336. The molecule has 0 spiro atoms. The molecule has 0 aliphatic heterocycles. The lowest BCUT2D eigenvalue weighted by Crippen LogP contribution is -2.18. The van der Waals surface area contributed by atoms with Crippen LogP contribution in [0.15, 0.2) is 0 Å². The predicted octanol–water partition coefficient (Wildman–Crippen LogP) is -0.0797. The monoisotopic (exact) mass is 102 g/mol. The fraction of sp³-hybridized carbons (Fsp3) is 0.800. The summed E-state index contributed by atoms with van der Waals surface area (Å²) in [7, 11) is 0.